The van der Waals surface area contributed by atoms with Crippen LogP contribution in [0.1, 0.15) is 10.4 Å². The first-order valence-corrected chi connectivity index (χ1v) is 5.74. The van der Waals surface area contributed by atoms with E-state index in [1.807, 2.05) is 0 Å². The second-order valence-electron chi connectivity index (χ2n) is 4.33. The van der Waals surface area contributed by atoms with Crippen molar-refractivity contribution in [3.63, 3.8) is 0 Å². The molecule has 1 unspecified atom stereocenters. The second-order valence-corrected chi connectivity index (χ2v) is 4.33. The average Bonchev–Trinajstić information content (AvgIpc) is 2.40. The van der Waals surface area contributed by atoms with E-state index in [1.165, 1.54) is 24.3 Å². The van der Waals surface area contributed by atoms with Crippen LogP contribution in [-0.2, 0) is 4.74 Å². The predicted molar refractivity (Wildman–Crippen MR) is 64.8 cm³/mol. The molecule has 0 radical (unpaired) electrons. The van der Waals surface area contributed by atoms with Crippen LogP contribution in [0.25, 0.3) is 0 Å². The summed E-state index contributed by atoms with van der Waals surface area (Å²) in [5.74, 6) is -1.03. The molecule has 5 N–H and O–H groups in total. The van der Waals surface area contributed by atoms with Crippen LogP contribution in [0.3, 0.4) is 0 Å². The third-order valence-electron chi connectivity index (χ3n) is 2.94. The minimum atomic E-state index is -1.29. The van der Waals surface area contributed by atoms with Crippen molar-refractivity contribution in [1.29, 1.82) is 0 Å². The maximum Gasteiger partial charge on any atom is 0.335 e. The van der Waals surface area contributed by atoms with Gasteiger partial charge in [-0.1, -0.05) is 0 Å². The van der Waals surface area contributed by atoms with E-state index >= 15 is 0 Å². The predicted octanol–water partition coefficient (Wildman–Crippen LogP) is -0.764. The minimum absolute atomic E-state index is 0.0941. The molecule has 2 rings (SSSR count). The third kappa shape index (κ3) is 3.02. The summed E-state index contributed by atoms with van der Waals surface area (Å²) in [5.41, 5.74) is 0.684. The molecule has 0 saturated carbocycles. The first-order valence-electron chi connectivity index (χ1n) is 5.74. The van der Waals surface area contributed by atoms with E-state index in [9.17, 15) is 20.1 Å². The fraction of sp³-hybridized carbons (Fsp3) is 0.417. The van der Waals surface area contributed by atoms with E-state index in [1.54, 1.807) is 0 Å². The number of anilines is 1. The lowest BCUT2D eigenvalue weighted by atomic mass is 10.0. The number of benzene rings is 1. The van der Waals surface area contributed by atoms with Gasteiger partial charge in [0.15, 0.2) is 6.23 Å². The number of aliphatic hydroxyl groups excluding tert-OH is 3. The maximum atomic E-state index is 10.7. The van der Waals surface area contributed by atoms with Crippen LogP contribution in [0.5, 0.6) is 0 Å². The molecule has 0 bridgehead atoms. The average molecular weight is 269 g/mol. The van der Waals surface area contributed by atoms with Crippen molar-refractivity contribution in [1.82, 2.24) is 0 Å². The number of nitrogens with one attached hydrogen (secondary N) is 1. The number of carbonyl (C=O) groups is 1. The van der Waals surface area contributed by atoms with Gasteiger partial charge in [-0.25, -0.2) is 4.79 Å². The molecule has 1 aromatic rings. The first-order chi connectivity index (χ1) is 8.99. The highest BCUT2D eigenvalue weighted by Gasteiger charge is 2.37. The van der Waals surface area contributed by atoms with Gasteiger partial charge in [0, 0.05) is 5.69 Å². The maximum absolute atomic E-state index is 10.7. The number of aromatic carboxylic acids is 1. The number of hydrogen-bond acceptors (Lipinski definition) is 6. The zero-order valence-corrected chi connectivity index (χ0v) is 9.93. The zero-order chi connectivity index (χ0) is 14.0. The molecule has 0 aliphatic carbocycles. The molecule has 104 valence electrons. The van der Waals surface area contributed by atoms with Crippen LogP contribution in [0.4, 0.5) is 5.69 Å². The van der Waals surface area contributed by atoms with Crippen LogP contribution in [0.15, 0.2) is 24.3 Å². The lowest BCUT2D eigenvalue weighted by Crippen LogP contribution is -2.55. The summed E-state index contributed by atoms with van der Waals surface area (Å²) >= 11 is 0. The molecule has 1 aromatic carbocycles. The van der Waals surface area contributed by atoms with Crippen LogP contribution in [-0.4, -0.2) is 57.5 Å². The summed E-state index contributed by atoms with van der Waals surface area (Å²) in [4.78, 5) is 10.7. The fourth-order valence-corrected chi connectivity index (χ4v) is 1.81. The van der Waals surface area contributed by atoms with Gasteiger partial charge < -0.3 is 30.5 Å². The Morgan fingerprint density at radius 1 is 1.16 bits per heavy atom. The number of hydrogen-bond donors (Lipinski definition) is 5. The minimum Gasteiger partial charge on any atom is -0.478 e. The van der Waals surface area contributed by atoms with Crippen LogP contribution >= 0.6 is 0 Å². The Labute approximate surface area is 109 Å². The van der Waals surface area contributed by atoms with E-state index in [0.717, 1.165) is 0 Å². The Morgan fingerprint density at radius 2 is 1.79 bits per heavy atom. The molecule has 7 heteroatoms. The topological polar surface area (TPSA) is 119 Å². The van der Waals surface area contributed by atoms with Gasteiger partial charge in [-0.05, 0) is 24.3 Å². The van der Waals surface area contributed by atoms with E-state index in [-0.39, 0.29) is 12.2 Å². The van der Waals surface area contributed by atoms with Crippen LogP contribution in [0, 0.1) is 0 Å². The van der Waals surface area contributed by atoms with Gasteiger partial charge in [-0.3, -0.25) is 0 Å². The van der Waals surface area contributed by atoms with E-state index in [2.05, 4.69) is 5.32 Å². The number of carboxylic acid groups (broad SMARTS) is 1. The number of aliphatic hydroxyl groups is 3. The standard InChI is InChI=1S/C12H15NO6/c14-8-5-19-11(10(16)9(8)15)13-7-3-1-6(2-4-7)12(17)18/h1-4,8-11,13-16H,5H2,(H,17,18)/t8-,9?,10+,11-/m1/s1. The highest BCUT2D eigenvalue weighted by atomic mass is 16.5. The van der Waals surface area contributed by atoms with Gasteiger partial charge in [-0.15, -0.1) is 0 Å². The zero-order valence-electron chi connectivity index (χ0n) is 9.93. The molecule has 1 fully saturated rings. The number of rotatable bonds is 3. The van der Waals surface area contributed by atoms with Crippen LogP contribution < -0.4 is 5.32 Å². The molecule has 19 heavy (non-hydrogen) atoms. The van der Waals surface area contributed by atoms with Gasteiger partial charge in [0.1, 0.15) is 18.3 Å². The van der Waals surface area contributed by atoms with Crippen molar-refractivity contribution in [3.05, 3.63) is 29.8 Å². The Kier molecular flexibility index (Phi) is 4.01. The van der Waals surface area contributed by atoms with Crippen molar-refractivity contribution in [3.8, 4) is 0 Å². The number of ether oxygens (including phenoxy) is 1. The number of carboxylic acids is 1. The molecule has 1 aliphatic rings. The lowest BCUT2D eigenvalue weighted by Gasteiger charge is -2.35. The molecule has 0 spiro atoms. The summed E-state index contributed by atoms with van der Waals surface area (Å²) in [7, 11) is 0. The van der Waals surface area contributed by atoms with Gasteiger partial charge in [0.2, 0.25) is 0 Å². The Hall–Kier alpha value is -1.67. The SMILES string of the molecule is O=C(O)c1ccc(N[C@@H]2OC[C@@H](O)C(O)[C@@H]2O)cc1. The molecule has 1 aliphatic heterocycles. The smallest absolute Gasteiger partial charge is 0.335 e. The highest BCUT2D eigenvalue weighted by molar-refractivity contribution is 5.87. The largest absolute Gasteiger partial charge is 0.478 e. The molecule has 0 amide bonds. The molecule has 7 nitrogen and oxygen atoms in total. The Balaban J connectivity index is 2.03. The van der Waals surface area contributed by atoms with Crippen molar-refractivity contribution < 1.29 is 30.0 Å². The summed E-state index contributed by atoms with van der Waals surface area (Å²) in [6, 6.07) is 5.87. The van der Waals surface area contributed by atoms with Crippen molar-refractivity contribution in [2.24, 2.45) is 0 Å². The monoisotopic (exact) mass is 269 g/mol. The summed E-state index contributed by atoms with van der Waals surface area (Å²) in [6.07, 6.45) is -4.55. The van der Waals surface area contributed by atoms with Crippen molar-refractivity contribution in [2.75, 3.05) is 11.9 Å². The van der Waals surface area contributed by atoms with Crippen LogP contribution in [0.2, 0.25) is 0 Å². The molecule has 4 atom stereocenters. The van der Waals surface area contributed by atoms with E-state index in [4.69, 9.17) is 9.84 Å². The van der Waals surface area contributed by atoms with Gasteiger partial charge in [0.05, 0.1) is 12.2 Å². The second kappa shape index (κ2) is 5.54. The Morgan fingerprint density at radius 3 is 2.37 bits per heavy atom. The molecule has 1 saturated heterocycles. The fourth-order valence-electron chi connectivity index (χ4n) is 1.81. The van der Waals surface area contributed by atoms with E-state index < -0.39 is 30.5 Å². The quantitative estimate of drug-likeness (QED) is 0.489. The van der Waals surface area contributed by atoms with Gasteiger partial charge >= 0.3 is 5.97 Å². The summed E-state index contributed by atoms with van der Waals surface area (Å²) < 4.78 is 5.17. The first kappa shape index (κ1) is 13.8. The molecule has 1 heterocycles. The van der Waals surface area contributed by atoms with Gasteiger partial charge in [-0.2, -0.15) is 0 Å². The molecule has 0 aromatic heterocycles. The summed E-state index contributed by atoms with van der Waals surface area (Å²) in [5, 5.41) is 40.1. The van der Waals surface area contributed by atoms with Gasteiger partial charge in [0.25, 0.3) is 0 Å². The third-order valence-corrected chi connectivity index (χ3v) is 2.94. The normalized spacial score (nSPS) is 30.9. The molecular weight excluding hydrogens is 254 g/mol. The lowest BCUT2D eigenvalue weighted by molar-refractivity contribution is -0.178. The van der Waals surface area contributed by atoms with E-state index in [0.29, 0.717) is 5.69 Å². The highest BCUT2D eigenvalue weighted by Crippen LogP contribution is 2.19. The summed E-state index contributed by atoms with van der Waals surface area (Å²) in [6.45, 7) is -0.0941. The van der Waals surface area contributed by atoms with Crippen molar-refractivity contribution >= 4 is 11.7 Å². The Bertz CT molecular complexity index is 448. The molecular formula is C12H15NO6. The van der Waals surface area contributed by atoms with Crippen molar-refractivity contribution in [2.45, 2.75) is 24.5 Å².